The third-order valence-electron chi connectivity index (χ3n) is 4.23. The fourth-order valence-corrected chi connectivity index (χ4v) is 3.37. The Kier molecular flexibility index (Phi) is 4.07. The fraction of sp³-hybridized carbons (Fsp3) is 0.786. The Balaban J connectivity index is 2.28. The van der Waals surface area contributed by atoms with E-state index in [-0.39, 0.29) is 11.6 Å². The molecule has 1 saturated carbocycles. The summed E-state index contributed by atoms with van der Waals surface area (Å²) in [6.07, 6.45) is 8.70. The number of imidazole rings is 1. The minimum Gasteiger partial charge on any atom is -0.376 e. The summed E-state index contributed by atoms with van der Waals surface area (Å²) in [5.74, 6) is 0.721. The molecule has 0 radical (unpaired) electrons. The van der Waals surface area contributed by atoms with Crippen molar-refractivity contribution in [2.24, 2.45) is 13.0 Å². The van der Waals surface area contributed by atoms with Gasteiger partial charge in [-0.25, -0.2) is 4.98 Å². The summed E-state index contributed by atoms with van der Waals surface area (Å²) in [7, 11) is 5.84. The first kappa shape index (κ1) is 13.6. The molecule has 0 aliphatic heterocycles. The highest BCUT2D eigenvalue weighted by Gasteiger charge is 2.43. The van der Waals surface area contributed by atoms with E-state index in [1.54, 1.807) is 0 Å². The van der Waals surface area contributed by atoms with Crippen LogP contribution in [0.5, 0.6) is 0 Å². The van der Waals surface area contributed by atoms with Gasteiger partial charge in [-0.2, -0.15) is 0 Å². The highest BCUT2D eigenvalue weighted by Crippen LogP contribution is 2.42. The molecule has 1 aliphatic rings. The average Bonchev–Trinajstić information content (AvgIpc) is 2.76. The quantitative estimate of drug-likeness (QED) is 0.892. The van der Waals surface area contributed by atoms with Crippen LogP contribution in [0.4, 0.5) is 0 Å². The summed E-state index contributed by atoms with van der Waals surface area (Å²) in [6, 6.07) is 0.173. The molecule has 4 heteroatoms. The van der Waals surface area contributed by atoms with Crippen LogP contribution in [0.15, 0.2) is 12.5 Å². The Bertz CT molecular complexity index is 390. The lowest BCUT2D eigenvalue weighted by atomic mass is 9.74. The lowest BCUT2D eigenvalue weighted by molar-refractivity contribution is -0.0798. The number of likely N-dealkylation sites (N-methyl/N-ethyl adjacent to an activating group) is 1. The summed E-state index contributed by atoms with van der Waals surface area (Å²) < 4.78 is 7.95. The molecule has 1 aromatic heterocycles. The van der Waals surface area contributed by atoms with Gasteiger partial charge in [0.2, 0.25) is 0 Å². The van der Waals surface area contributed by atoms with Crippen LogP contribution >= 0.6 is 0 Å². The number of ether oxygens (including phenoxy) is 1. The highest BCUT2D eigenvalue weighted by molar-refractivity contribution is 5.12. The van der Waals surface area contributed by atoms with Gasteiger partial charge in [-0.05, 0) is 25.8 Å². The van der Waals surface area contributed by atoms with E-state index in [2.05, 4.69) is 23.4 Å². The van der Waals surface area contributed by atoms with E-state index in [0.717, 1.165) is 24.5 Å². The fourth-order valence-electron chi connectivity index (χ4n) is 3.37. The molecule has 3 unspecified atom stereocenters. The van der Waals surface area contributed by atoms with Crippen LogP contribution in [0.2, 0.25) is 0 Å². The van der Waals surface area contributed by atoms with E-state index >= 15 is 0 Å². The van der Waals surface area contributed by atoms with Gasteiger partial charge in [-0.15, -0.1) is 0 Å². The third-order valence-corrected chi connectivity index (χ3v) is 4.23. The Labute approximate surface area is 110 Å². The zero-order valence-corrected chi connectivity index (χ0v) is 11.9. The number of methoxy groups -OCH3 is 1. The maximum absolute atomic E-state index is 5.95. The van der Waals surface area contributed by atoms with Crippen LogP contribution in [0.3, 0.4) is 0 Å². The van der Waals surface area contributed by atoms with Gasteiger partial charge in [0, 0.05) is 20.4 Å². The Morgan fingerprint density at radius 1 is 1.61 bits per heavy atom. The van der Waals surface area contributed by atoms with Crippen molar-refractivity contribution < 1.29 is 4.74 Å². The molecular weight excluding hydrogens is 226 g/mol. The number of hydrogen-bond acceptors (Lipinski definition) is 3. The molecule has 3 atom stereocenters. The molecule has 18 heavy (non-hydrogen) atoms. The molecule has 1 heterocycles. The number of aromatic nitrogens is 2. The van der Waals surface area contributed by atoms with Crippen LogP contribution in [-0.2, 0) is 11.8 Å². The maximum atomic E-state index is 5.95. The van der Waals surface area contributed by atoms with Crippen molar-refractivity contribution in [3.8, 4) is 0 Å². The van der Waals surface area contributed by atoms with Crippen molar-refractivity contribution in [3.63, 3.8) is 0 Å². The van der Waals surface area contributed by atoms with Crippen molar-refractivity contribution in [2.45, 2.75) is 44.2 Å². The Morgan fingerprint density at radius 2 is 2.39 bits per heavy atom. The molecule has 1 aromatic rings. The Morgan fingerprint density at radius 3 is 2.89 bits per heavy atom. The molecular formula is C14H25N3O. The van der Waals surface area contributed by atoms with Crippen molar-refractivity contribution in [3.05, 3.63) is 18.2 Å². The van der Waals surface area contributed by atoms with Crippen molar-refractivity contribution in [1.82, 2.24) is 14.9 Å². The predicted molar refractivity (Wildman–Crippen MR) is 72.4 cm³/mol. The molecule has 4 nitrogen and oxygen atoms in total. The van der Waals surface area contributed by atoms with Crippen molar-refractivity contribution in [2.75, 3.05) is 14.2 Å². The summed E-state index contributed by atoms with van der Waals surface area (Å²) >= 11 is 0. The standard InChI is InChI=1S/C14H25N3O/c1-11-6-5-7-14(8-11,18-4)13(15-2)12-9-17(3)10-16-12/h9-11,13,15H,5-8H2,1-4H3. The Hall–Kier alpha value is -0.870. The molecule has 1 N–H and O–H groups in total. The molecule has 0 saturated heterocycles. The number of nitrogens with one attached hydrogen (secondary N) is 1. The summed E-state index contributed by atoms with van der Waals surface area (Å²) in [5.41, 5.74) is 0.969. The number of hydrogen-bond donors (Lipinski definition) is 1. The zero-order valence-electron chi connectivity index (χ0n) is 11.9. The third kappa shape index (κ3) is 2.45. The molecule has 0 spiro atoms. The first-order chi connectivity index (χ1) is 8.61. The van der Waals surface area contributed by atoms with Gasteiger partial charge in [-0.1, -0.05) is 19.8 Å². The van der Waals surface area contributed by atoms with E-state index in [1.807, 2.05) is 32.1 Å². The van der Waals surface area contributed by atoms with Crippen molar-refractivity contribution >= 4 is 0 Å². The van der Waals surface area contributed by atoms with E-state index in [9.17, 15) is 0 Å². The molecule has 2 rings (SSSR count). The molecule has 1 fully saturated rings. The van der Waals surface area contributed by atoms with Crippen LogP contribution in [0.1, 0.15) is 44.3 Å². The maximum Gasteiger partial charge on any atom is 0.0947 e. The van der Waals surface area contributed by atoms with Crippen LogP contribution in [0, 0.1) is 5.92 Å². The van der Waals surface area contributed by atoms with Gasteiger partial charge in [-0.3, -0.25) is 0 Å². The molecule has 102 valence electrons. The van der Waals surface area contributed by atoms with Gasteiger partial charge in [0.1, 0.15) is 0 Å². The zero-order chi connectivity index (χ0) is 13.2. The lowest BCUT2D eigenvalue weighted by Crippen LogP contribution is -2.47. The van der Waals surface area contributed by atoms with E-state index in [0.29, 0.717) is 0 Å². The van der Waals surface area contributed by atoms with E-state index < -0.39 is 0 Å². The van der Waals surface area contributed by atoms with Gasteiger partial charge < -0.3 is 14.6 Å². The van der Waals surface area contributed by atoms with Gasteiger partial charge in [0.05, 0.1) is 23.7 Å². The topological polar surface area (TPSA) is 39.1 Å². The summed E-state index contributed by atoms with van der Waals surface area (Å²) in [4.78, 5) is 4.50. The first-order valence-electron chi connectivity index (χ1n) is 6.81. The molecule has 0 amide bonds. The number of nitrogens with zero attached hydrogens (tertiary/aromatic N) is 2. The SMILES string of the molecule is CNC(c1cn(C)cn1)C1(OC)CCCC(C)C1. The number of rotatable bonds is 4. The van der Waals surface area contributed by atoms with Crippen molar-refractivity contribution in [1.29, 1.82) is 0 Å². The largest absolute Gasteiger partial charge is 0.376 e. The van der Waals surface area contributed by atoms with Crippen LogP contribution < -0.4 is 5.32 Å². The lowest BCUT2D eigenvalue weighted by Gasteiger charge is -2.43. The molecule has 0 bridgehead atoms. The second-order valence-electron chi connectivity index (χ2n) is 5.66. The minimum absolute atomic E-state index is 0.110. The van der Waals surface area contributed by atoms with Gasteiger partial charge in [0.15, 0.2) is 0 Å². The average molecular weight is 251 g/mol. The van der Waals surface area contributed by atoms with Gasteiger partial charge in [0.25, 0.3) is 0 Å². The molecule has 1 aliphatic carbocycles. The van der Waals surface area contributed by atoms with Gasteiger partial charge >= 0.3 is 0 Å². The monoisotopic (exact) mass is 251 g/mol. The van der Waals surface area contributed by atoms with E-state index in [1.165, 1.54) is 12.8 Å². The normalized spacial score (nSPS) is 30.3. The first-order valence-corrected chi connectivity index (χ1v) is 6.81. The molecule has 0 aromatic carbocycles. The number of aryl methyl sites for hydroxylation is 1. The highest BCUT2D eigenvalue weighted by atomic mass is 16.5. The van der Waals surface area contributed by atoms with Crippen LogP contribution in [-0.4, -0.2) is 29.3 Å². The predicted octanol–water partition coefficient (Wildman–Crippen LogP) is 2.28. The summed E-state index contributed by atoms with van der Waals surface area (Å²) in [6.45, 7) is 2.32. The van der Waals surface area contributed by atoms with Crippen LogP contribution in [0.25, 0.3) is 0 Å². The smallest absolute Gasteiger partial charge is 0.0947 e. The second kappa shape index (κ2) is 5.41. The summed E-state index contributed by atoms with van der Waals surface area (Å²) in [5, 5.41) is 3.41. The van der Waals surface area contributed by atoms with E-state index in [4.69, 9.17) is 4.74 Å². The second-order valence-corrected chi connectivity index (χ2v) is 5.66. The minimum atomic E-state index is -0.110.